The van der Waals surface area contributed by atoms with Crippen molar-refractivity contribution in [2.45, 2.75) is 38.6 Å². The first-order valence-electron chi connectivity index (χ1n) is 11.5. The Morgan fingerprint density at radius 2 is 1.67 bits per heavy atom. The fourth-order valence-electron chi connectivity index (χ4n) is 5.02. The number of nitrogens with zero attached hydrogens (tertiary/aromatic N) is 1. The second-order valence-electron chi connectivity index (χ2n) is 8.98. The number of carboxylic acid groups (broad SMARTS) is 1. The SMILES string of the molecule is CCC[C@H](NC(=O)OCC1c2ccccc2-c2ccccc21)C(=O)N1C[C@H](C(=O)O)[C@@H](C)C1. The lowest BCUT2D eigenvalue weighted by Gasteiger charge is -2.24. The Bertz CT molecular complexity index is 1010. The van der Waals surface area contributed by atoms with Crippen LogP contribution in [0, 0.1) is 11.8 Å². The molecule has 1 aliphatic heterocycles. The van der Waals surface area contributed by atoms with E-state index in [-0.39, 0.29) is 30.9 Å². The smallest absolute Gasteiger partial charge is 0.407 e. The Labute approximate surface area is 193 Å². The van der Waals surface area contributed by atoms with Gasteiger partial charge in [-0.3, -0.25) is 9.59 Å². The molecule has 1 heterocycles. The molecule has 4 rings (SSSR count). The maximum atomic E-state index is 13.0. The van der Waals surface area contributed by atoms with Crippen LogP contribution in [0.2, 0.25) is 0 Å². The minimum absolute atomic E-state index is 0.0563. The maximum Gasteiger partial charge on any atom is 0.407 e. The van der Waals surface area contributed by atoms with Gasteiger partial charge in [0.2, 0.25) is 5.91 Å². The zero-order valence-electron chi connectivity index (χ0n) is 19.0. The van der Waals surface area contributed by atoms with E-state index in [2.05, 4.69) is 29.6 Å². The number of hydrogen-bond donors (Lipinski definition) is 2. The van der Waals surface area contributed by atoms with Crippen LogP contribution in [0.25, 0.3) is 11.1 Å². The maximum absolute atomic E-state index is 13.0. The van der Waals surface area contributed by atoms with Gasteiger partial charge in [0.25, 0.3) is 0 Å². The van der Waals surface area contributed by atoms with Gasteiger partial charge >= 0.3 is 12.1 Å². The molecular weight excluding hydrogens is 420 g/mol. The molecule has 7 nitrogen and oxygen atoms in total. The number of aliphatic carboxylic acids is 1. The summed E-state index contributed by atoms with van der Waals surface area (Å²) >= 11 is 0. The lowest BCUT2D eigenvalue weighted by Crippen LogP contribution is -2.48. The highest BCUT2D eigenvalue weighted by atomic mass is 16.5. The van der Waals surface area contributed by atoms with Crippen LogP contribution in [0.3, 0.4) is 0 Å². The predicted octanol–water partition coefficient (Wildman–Crippen LogP) is 3.87. The van der Waals surface area contributed by atoms with Crippen molar-refractivity contribution < 1.29 is 24.2 Å². The number of amides is 2. The summed E-state index contributed by atoms with van der Waals surface area (Å²) in [7, 11) is 0. The quantitative estimate of drug-likeness (QED) is 0.668. The molecule has 2 aromatic rings. The largest absolute Gasteiger partial charge is 0.481 e. The standard InChI is InChI=1S/C26H30N2O5/c1-3-8-23(24(29)28-13-16(2)21(14-28)25(30)31)27-26(32)33-15-22-19-11-6-4-9-17(19)18-10-5-7-12-20(18)22/h4-7,9-12,16,21-23H,3,8,13-15H2,1-2H3,(H,27,32)(H,30,31)/t16-,21-,23-/m0/s1. The number of rotatable bonds is 7. The van der Waals surface area contributed by atoms with Gasteiger partial charge in [-0.1, -0.05) is 68.8 Å². The van der Waals surface area contributed by atoms with Crippen molar-refractivity contribution in [2.24, 2.45) is 11.8 Å². The molecule has 0 aromatic heterocycles. The van der Waals surface area contributed by atoms with Crippen LogP contribution in [0.4, 0.5) is 4.79 Å². The Balaban J connectivity index is 1.40. The molecule has 0 spiro atoms. The van der Waals surface area contributed by atoms with Crippen LogP contribution in [0.15, 0.2) is 48.5 Å². The predicted molar refractivity (Wildman–Crippen MR) is 124 cm³/mol. The van der Waals surface area contributed by atoms with Gasteiger partial charge in [0.1, 0.15) is 12.6 Å². The minimum Gasteiger partial charge on any atom is -0.481 e. The summed E-state index contributed by atoms with van der Waals surface area (Å²) in [5.74, 6) is -1.90. The monoisotopic (exact) mass is 450 g/mol. The van der Waals surface area contributed by atoms with Gasteiger partial charge < -0.3 is 20.1 Å². The molecule has 2 aliphatic rings. The second-order valence-corrected chi connectivity index (χ2v) is 8.98. The summed E-state index contributed by atoms with van der Waals surface area (Å²) < 4.78 is 5.59. The number of carbonyl (C=O) groups is 3. The van der Waals surface area contributed by atoms with Crippen LogP contribution in [-0.4, -0.2) is 53.7 Å². The molecule has 2 amide bonds. The second kappa shape index (κ2) is 9.65. The van der Waals surface area contributed by atoms with Crippen molar-refractivity contribution in [3.05, 3.63) is 59.7 Å². The Morgan fingerprint density at radius 3 is 2.21 bits per heavy atom. The first-order chi connectivity index (χ1) is 15.9. The fraction of sp³-hybridized carbons (Fsp3) is 0.423. The van der Waals surface area contributed by atoms with Gasteiger partial charge in [0, 0.05) is 19.0 Å². The van der Waals surface area contributed by atoms with Crippen LogP contribution >= 0.6 is 0 Å². The molecule has 3 atom stereocenters. The van der Waals surface area contributed by atoms with E-state index in [1.807, 2.05) is 38.1 Å². The van der Waals surface area contributed by atoms with Gasteiger partial charge in [0.05, 0.1) is 5.92 Å². The van der Waals surface area contributed by atoms with Gasteiger partial charge in [-0.15, -0.1) is 0 Å². The fourth-order valence-corrected chi connectivity index (χ4v) is 5.02. The molecule has 33 heavy (non-hydrogen) atoms. The summed E-state index contributed by atoms with van der Waals surface area (Å²) in [6, 6.07) is 15.5. The van der Waals surface area contributed by atoms with Crippen LogP contribution in [-0.2, 0) is 14.3 Å². The molecule has 0 saturated carbocycles. The molecule has 2 aromatic carbocycles. The highest BCUT2D eigenvalue weighted by molar-refractivity contribution is 5.87. The van der Waals surface area contributed by atoms with E-state index < -0.39 is 24.0 Å². The van der Waals surface area contributed by atoms with E-state index in [4.69, 9.17) is 4.74 Å². The molecule has 0 unspecified atom stereocenters. The summed E-state index contributed by atoms with van der Waals surface area (Å²) in [6.07, 6.45) is 0.531. The zero-order valence-corrected chi connectivity index (χ0v) is 19.0. The molecule has 7 heteroatoms. The van der Waals surface area contributed by atoms with Crippen molar-refractivity contribution >= 4 is 18.0 Å². The lowest BCUT2D eigenvalue weighted by atomic mass is 9.98. The van der Waals surface area contributed by atoms with Crippen LogP contribution < -0.4 is 5.32 Å². The molecule has 1 aliphatic carbocycles. The summed E-state index contributed by atoms with van der Waals surface area (Å²) in [5, 5.41) is 12.1. The molecule has 1 saturated heterocycles. The molecule has 174 valence electrons. The average molecular weight is 451 g/mol. The van der Waals surface area contributed by atoms with Gasteiger partial charge in [-0.25, -0.2) is 4.79 Å². The highest BCUT2D eigenvalue weighted by Gasteiger charge is 2.39. The third kappa shape index (κ3) is 4.58. The molecule has 0 radical (unpaired) electrons. The number of carbonyl (C=O) groups excluding carboxylic acids is 2. The Morgan fingerprint density at radius 1 is 1.06 bits per heavy atom. The van der Waals surface area contributed by atoms with E-state index in [0.717, 1.165) is 22.3 Å². The summed E-state index contributed by atoms with van der Waals surface area (Å²) in [4.78, 5) is 38.7. The number of carboxylic acids is 1. The summed E-state index contributed by atoms with van der Waals surface area (Å²) in [6.45, 7) is 4.49. The number of nitrogens with one attached hydrogen (secondary N) is 1. The first-order valence-corrected chi connectivity index (χ1v) is 11.5. The van der Waals surface area contributed by atoms with Crippen LogP contribution in [0.1, 0.15) is 43.7 Å². The van der Waals surface area contributed by atoms with Gasteiger partial charge in [0.15, 0.2) is 0 Å². The molecule has 2 N–H and O–H groups in total. The number of fused-ring (bicyclic) bond motifs is 3. The van der Waals surface area contributed by atoms with E-state index in [1.54, 1.807) is 4.90 Å². The molecular formula is C26H30N2O5. The number of likely N-dealkylation sites (tertiary alicyclic amines) is 1. The Hall–Kier alpha value is -3.35. The van der Waals surface area contributed by atoms with Gasteiger partial charge in [-0.05, 0) is 34.6 Å². The zero-order chi connectivity index (χ0) is 23.5. The molecule has 0 bridgehead atoms. The van der Waals surface area contributed by atoms with E-state index >= 15 is 0 Å². The van der Waals surface area contributed by atoms with Gasteiger partial charge in [-0.2, -0.15) is 0 Å². The van der Waals surface area contributed by atoms with Crippen molar-refractivity contribution in [3.63, 3.8) is 0 Å². The third-order valence-electron chi connectivity index (χ3n) is 6.75. The lowest BCUT2D eigenvalue weighted by molar-refractivity contribution is -0.142. The number of benzene rings is 2. The summed E-state index contributed by atoms with van der Waals surface area (Å²) in [5.41, 5.74) is 4.55. The Kier molecular flexibility index (Phi) is 6.67. The normalized spacial score (nSPS) is 20.1. The number of alkyl carbamates (subject to hydrolysis) is 1. The van der Waals surface area contributed by atoms with E-state index in [9.17, 15) is 19.5 Å². The average Bonchev–Trinajstić information content (AvgIpc) is 3.35. The van der Waals surface area contributed by atoms with E-state index in [0.29, 0.717) is 19.4 Å². The van der Waals surface area contributed by atoms with Crippen molar-refractivity contribution in [2.75, 3.05) is 19.7 Å². The van der Waals surface area contributed by atoms with Crippen LogP contribution in [0.5, 0.6) is 0 Å². The van der Waals surface area contributed by atoms with Crippen molar-refractivity contribution in [1.29, 1.82) is 0 Å². The molecule has 1 fully saturated rings. The number of ether oxygens (including phenoxy) is 1. The minimum atomic E-state index is -0.894. The third-order valence-corrected chi connectivity index (χ3v) is 6.75. The topological polar surface area (TPSA) is 95.9 Å². The number of hydrogen-bond acceptors (Lipinski definition) is 4. The highest BCUT2D eigenvalue weighted by Crippen LogP contribution is 2.44. The first kappa shape index (κ1) is 22.8. The van der Waals surface area contributed by atoms with Crippen molar-refractivity contribution in [3.8, 4) is 11.1 Å². The van der Waals surface area contributed by atoms with E-state index in [1.165, 1.54) is 0 Å². The van der Waals surface area contributed by atoms with Crippen molar-refractivity contribution in [1.82, 2.24) is 10.2 Å².